The Morgan fingerprint density at radius 1 is 1.50 bits per heavy atom. The van der Waals surface area contributed by atoms with Crippen molar-refractivity contribution < 1.29 is 14.3 Å². The van der Waals surface area contributed by atoms with Crippen LogP contribution in [0.25, 0.3) is 0 Å². The standard InChI is InChI=1S/C12H16N2O3S/c1-8(16-2)12(15)14-9-5-3-4-6-10(9)17-7-11(13)18/h3-6,8H,7H2,1-2H3,(H2,13,18)(H,14,15). The van der Waals surface area contributed by atoms with E-state index in [9.17, 15) is 4.79 Å². The first kappa shape index (κ1) is 14.4. The van der Waals surface area contributed by atoms with Crippen LogP contribution in [-0.2, 0) is 9.53 Å². The highest BCUT2D eigenvalue weighted by Gasteiger charge is 2.13. The third-order valence-electron chi connectivity index (χ3n) is 2.24. The van der Waals surface area contributed by atoms with E-state index in [-0.39, 0.29) is 17.5 Å². The lowest BCUT2D eigenvalue weighted by Crippen LogP contribution is -2.27. The van der Waals surface area contributed by atoms with Crippen molar-refractivity contribution in [2.24, 2.45) is 5.73 Å². The van der Waals surface area contributed by atoms with E-state index in [1.54, 1.807) is 31.2 Å². The second-order valence-electron chi connectivity index (χ2n) is 3.62. The van der Waals surface area contributed by atoms with E-state index in [1.807, 2.05) is 0 Å². The first-order chi connectivity index (χ1) is 8.54. The number of methoxy groups -OCH3 is 1. The van der Waals surface area contributed by atoms with Crippen LogP contribution in [0.4, 0.5) is 5.69 Å². The predicted octanol–water partition coefficient (Wildman–Crippen LogP) is 1.32. The summed E-state index contributed by atoms with van der Waals surface area (Å²) in [5, 5.41) is 2.71. The molecule has 18 heavy (non-hydrogen) atoms. The summed E-state index contributed by atoms with van der Waals surface area (Å²) < 4.78 is 10.3. The van der Waals surface area contributed by atoms with Crippen molar-refractivity contribution in [1.82, 2.24) is 0 Å². The molecule has 1 rings (SSSR count). The zero-order valence-corrected chi connectivity index (χ0v) is 11.1. The molecule has 0 aromatic heterocycles. The fraction of sp³-hybridized carbons (Fsp3) is 0.333. The Morgan fingerprint density at radius 2 is 2.17 bits per heavy atom. The number of nitrogens with one attached hydrogen (secondary N) is 1. The van der Waals surface area contributed by atoms with Crippen LogP contribution in [0, 0.1) is 0 Å². The topological polar surface area (TPSA) is 73.6 Å². The molecule has 0 radical (unpaired) electrons. The molecule has 1 atom stereocenters. The lowest BCUT2D eigenvalue weighted by molar-refractivity contribution is -0.124. The molecule has 0 aliphatic rings. The number of rotatable bonds is 6. The summed E-state index contributed by atoms with van der Waals surface area (Å²) in [6.07, 6.45) is -0.534. The van der Waals surface area contributed by atoms with Gasteiger partial charge in [-0.2, -0.15) is 0 Å². The number of hydrogen-bond donors (Lipinski definition) is 2. The van der Waals surface area contributed by atoms with Gasteiger partial charge < -0.3 is 20.5 Å². The summed E-state index contributed by atoms with van der Waals surface area (Å²) >= 11 is 4.73. The number of benzene rings is 1. The minimum absolute atomic E-state index is 0.127. The van der Waals surface area contributed by atoms with E-state index in [0.29, 0.717) is 11.4 Å². The fourth-order valence-corrected chi connectivity index (χ4v) is 1.24. The van der Waals surface area contributed by atoms with Crippen LogP contribution in [0.1, 0.15) is 6.92 Å². The molecule has 1 unspecified atom stereocenters. The number of thiocarbonyl (C=S) groups is 1. The van der Waals surface area contributed by atoms with E-state index >= 15 is 0 Å². The van der Waals surface area contributed by atoms with Gasteiger partial charge in [-0.25, -0.2) is 0 Å². The zero-order chi connectivity index (χ0) is 13.5. The minimum Gasteiger partial charge on any atom is -0.484 e. The first-order valence-electron chi connectivity index (χ1n) is 5.38. The molecular formula is C12H16N2O3S. The number of nitrogens with two attached hydrogens (primary N) is 1. The highest BCUT2D eigenvalue weighted by atomic mass is 32.1. The van der Waals surface area contributed by atoms with Crippen molar-refractivity contribution in [3.8, 4) is 5.75 Å². The van der Waals surface area contributed by atoms with Gasteiger partial charge in [0, 0.05) is 7.11 Å². The Morgan fingerprint density at radius 3 is 2.78 bits per heavy atom. The molecule has 98 valence electrons. The van der Waals surface area contributed by atoms with E-state index in [2.05, 4.69) is 5.32 Å². The fourth-order valence-electron chi connectivity index (χ4n) is 1.19. The molecule has 0 saturated carbocycles. The Balaban J connectivity index is 2.75. The van der Waals surface area contributed by atoms with Crippen molar-refractivity contribution >= 4 is 28.8 Å². The third-order valence-corrected chi connectivity index (χ3v) is 2.36. The minimum atomic E-state index is -0.534. The predicted molar refractivity (Wildman–Crippen MR) is 73.8 cm³/mol. The number of para-hydroxylation sites is 2. The molecule has 0 aliphatic carbocycles. The molecule has 1 aromatic rings. The van der Waals surface area contributed by atoms with Gasteiger partial charge in [0.05, 0.1) is 5.69 Å². The number of carbonyl (C=O) groups is 1. The molecule has 0 spiro atoms. The number of carbonyl (C=O) groups excluding carboxylic acids is 1. The molecule has 5 nitrogen and oxygen atoms in total. The highest BCUT2D eigenvalue weighted by molar-refractivity contribution is 7.80. The second-order valence-corrected chi connectivity index (χ2v) is 4.14. The quantitative estimate of drug-likeness (QED) is 0.761. The van der Waals surface area contributed by atoms with E-state index in [4.69, 9.17) is 27.4 Å². The zero-order valence-electron chi connectivity index (χ0n) is 10.3. The highest BCUT2D eigenvalue weighted by Crippen LogP contribution is 2.23. The Kier molecular flexibility index (Phi) is 5.54. The number of amides is 1. The molecular weight excluding hydrogens is 252 g/mol. The second kappa shape index (κ2) is 6.93. The summed E-state index contributed by atoms with van der Waals surface area (Å²) in [6.45, 7) is 1.79. The van der Waals surface area contributed by atoms with Crippen molar-refractivity contribution in [2.75, 3.05) is 19.0 Å². The van der Waals surface area contributed by atoms with Gasteiger partial charge in [0.2, 0.25) is 0 Å². The lowest BCUT2D eigenvalue weighted by Gasteiger charge is -2.14. The maximum absolute atomic E-state index is 11.7. The number of ether oxygens (including phenoxy) is 2. The molecule has 0 bridgehead atoms. The van der Waals surface area contributed by atoms with Crippen molar-refractivity contribution in [3.63, 3.8) is 0 Å². The van der Waals surface area contributed by atoms with Gasteiger partial charge in [-0.1, -0.05) is 24.4 Å². The van der Waals surface area contributed by atoms with Crippen molar-refractivity contribution in [1.29, 1.82) is 0 Å². The van der Waals surface area contributed by atoms with Gasteiger partial charge in [-0.3, -0.25) is 4.79 Å². The van der Waals surface area contributed by atoms with Gasteiger partial charge in [-0.05, 0) is 19.1 Å². The van der Waals surface area contributed by atoms with Crippen LogP contribution in [-0.4, -0.2) is 30.7 Å². The molecule has 3 N–H and O–H groups in total. The van der Waals surface area contributed by atoms with Crippen LogP contribution in [0.15, 0.2) is 24.3 Å². The number of hydrogen-bond acceptors (Lipinski definition) is 4. The average Bonchev–Trinajstić information content (AvgIpc) is 2.36. The smallest absolute Gasteiger partial charge is 0.253 e. The molecule has 0 fully saturated rings. The number of anilines is 1. The van der Waals surface area contributed by atoms with Crippen LogP contribution in [0.3, 0.4) is 0 Å². The molecule has 0 heterocycles. The van der Waals surface area contributed by atoms with Crippen LogP contribution < -0.4 is 15.8 Å². The third kappa shape index (κ3) is 4.31. The first-order valence-corrected chi connectivity index (χ1v) is 5.79. The SMILES string of the molecule is COC(C)C(=O)Nc1ccccc1OCC(N)=S. The molecule has 1 aromatic carbocycles. The molecule has 0 saturated heterocycles. The van der Waals surface area contributed by atoms with E-state index in [0.717, 1.165) is 0 Å². The van der Waals surface area contributed by atoms with Crippen LogP contribution >= 0.6 is 12.2 Å². The maximum atomic E-state index is 11.7. The van der Waals surface area contributed by atoms with Gasteiger partial charge in [0.15, 0.2) is 0 Å². The molecule has 6 heteroatoms. The van der Waals surface area contributed by atoms with Crippen molar-refractivity contribution in [2.45, 2.75) is 13.0 Å². The maximum Gasteiger partial charge on any atom is 0.253 e. The normalized spacial score (nSPS) is 11.7. The summed E-state index contributed by atoms with van der Waals surface area (Å²) in [5.41, 5.74) is 5.92. The van der Waals surface area contributed by atoms with Crippen LogP contribution in [0.5, 0.6) is 5.75 Å². The van der Waals surface area contributed by atoms with Crippen molar-refractivity contribution in [3.05, 3.63) is 24.3 Å². The Bertz CT molecular complexity index is 437. The van der Waals surface area contributed by atoms with Crippen LogP contribution in [0.2, 0.25) is 0 Å². The monoisotopic (exact) mass is 268 g/mol. The summed E-state index contributed by atoms with van der Waals surface area (Å²) in [7, 11) is 1.47. The van der Waals surface area contributed by atoms with Gasteiger partial charge in [0.25, 0.3) is 5.91 Å². The average molecular weight is 268 g/mol. The largest absolute Gasteiger partial charge is 0.484 e. The van der Waals surface area contributed by atoms with Gasteiger partial charge >= 0.3 is 0 Å². The summed E-state index contributed by atoms with van der Waals surface area (Å²) in [4.78, 5) is 11.9. The lowest BCUT2D eigenvalue weighted by atomic mass is 10.2. The van der Waals surface area contributed by atoms with E-state index in [1.165, 1.54) is 7.11 Å². The molecule has 0 aliphatic heterocycles. The summed E-state index contributed by atoms with van der Waals surface area (Å²) in [6, 6.07) is 7.05. The Labute approximate surface area is 111 Å². The van der Waals surface area contributed by atoms with E-state index < -0.39 is 6.10 Å². The Hall–Kier alpha value is -1.66. The molecule has 1 amide bonds. The van der Waals surface area contributed by atoms with Gasteiger partial charge in [-0.15, -0.1) is 0 Å². The van der Waals surface area contributed by atoms with Gasteiger partial charge in [0.1, 0.15) is 23.4 Å². The summed E-state index contributed by atoms with van der Waals surface area (Å²) in [5.74, 6) is 0.269.